The lowest BCUT2D eigenvalue weighted by Crippen LogP contribution is -2.68. The van der Waals surface area contributed by atoms with Gasteiger partial charge < -0.3 is 9.57 Å². The van der Waals surface area contributed by atoms with Crippen LogP contribution in [0.1, 0.15) is 47.0 Å². The molecule has 3 fully saturated rings. The minimum atomic E-state index is -1.46. The molecular weight excluding hydrogens is 469 g/mol. The molecule has 0 aromatic rings. The lowest BCUT2D eigenvalue weighted by Gasteiger charge is -2.63. The van der Waals surface area contributed by atoms with Crippen LogP contribution < -0.4 is 0 Å². The highest BCUT2D eigenvalue weighted by atomic mass is 35.5. The molecule has 0 bridgehead atoms. The number of Topliss-reactive ketones (excluding diaryl/α,β-unsaturated/α-hetero) is 1. The van der Waals surface area contributed by atoms with Crippen molar-refractivity contribution in [3.8, 4) is 0 Å². The molecule has 0 aromatic carbocycles. The number of nitrogens with zero attached hydrogens (tertiary/aromatic N) is 1. The van der Waals surface area contributed by atoms with Gasteiger partial charge in [0, 0.05) is 18.3 Å². The molecule has 4 aliphatic rings. The van der Waals surface area contributed by atoms with Gasteiger partial charge in [0.05, 0.1) is 4.87 Å². The Morgan fingerprint density at radius 1 is 1.29 bits per heavy atom. The smallest absolute Gasteiger partial charge is 0.303 e. The molecule has 8 nitrogen and oxygen atoms in total. The second-order valence-corrected chi connectivity index (χ2v) is 11.3. The van der Waals surface area contributed by atoms with Gasteiger partial charge >= 0.3 is 5.97 Å². The number of carbonyl (C=O) groups is 3. The lowest BCUT2D eigenvalue weighted by atomic mass is 9.46. The highest BCUT2D eigenvalue weighted by molar-refractivity contribution is 6.26. The Kier molecular flexibility index (Phi) is 5.94. The normalized spacial score (nSPS) is 44.9. The number of esters is 1. The number of fused-ring (bicyclic) bond motifs is 5. The summed E-state index contributed by atoms with van der Waals surface area (Å²) in [6.07, 6.45) is 2.15. The van der Waals surface area contributed by atoms with Crippen molar-refractivity contribution in [1.82, 2.24) is 0 Å². The lowest BCUT2D eigenvalue weighted by molar-refractivity contribution is -0.772. The minimum absolute atomic E-state index is 0.0263. The Bertz CT molecular complexity index is 1010. The molecule has 9 atom stereocenters. The van der Waals surface area contributed by atoms with Gasteiger partial charge in [0.25, 0.3) is 5.09 Å². The Balaban J connectivity index is 1.82. The fourth-order valence-electron chi connectivity index (χ4n) is 7.70. The zero-order chi connectivity index (χ0) is 25.2. The van der Waals surface area contributed by atoms with Gasteiger partial charge in [-0.05, 0) is 60.2 Å². The van der Waals surface area contributed by atoms with Gasteiger partial charge in [-0.2, -0.15) is 0 Å². The molecule has 0 amide bonds. The van der Waals surface area contributed by atoms with Crippen molar-refractivity contribution in [2.75, 3.05) is 6.61 Å². The molecule has 186 valence electrons. The van der Waals surface area contributed by atoms with E-state index in [1.807, 2.05) is 13.8 Å². The molecule has 0 N–H and O–H groups in total. The minimum Gasteiger partial charge on any atom is -0.458 e. The van der Waals surface area contributed by atoms with Crippen LogP contribution in [0.5, 0.6) is 0 Å². The van der Waals surface area contributed by atoms with Crippen molar-refractivity contribution in [1.29, 1.82) is 0 Å². The Labute approximate surface area is 202 Å². The highest BCUT2D eigenvalue weighted by Gasteiger charge is 2.72. The topological polar surface area (TPSA) is 113 Å². The standard InChI is InChI=1S/C24H29ClFNO7/c1-12-7-15-16-9-18(26)17-8-14(29)5-6-23(17,4)24(16,25)20(34-27(31)32)10-22(15,3)21(12)19(30)11-33-13(2)28/h5-6,8,12,15-16,18,20-21H,7,9-11H2,1-4H3/t12-,15+,16+,18+,20+,21-,22+,23+,24?/m1/s1. The highest BCUT2D eigenvalue weighted by Crippen LogP contribution is 2.71. The van der Waals surface area contributed by atoms with E-state index in [1.54, 1.807) is 13.0 Å². The van der Waals surface area contributed by atoms with Gasteiger partial charge in [-0.3, -0.25) is 14.4 Å². The fraction of sp³-hybridized carbons (Fsp3) is 0.708. The van der Waals surface area contributed by atoms with Gasteiger partial charge in [-0.1, -0.05) is 26.8 Å². The quantitative estimate of drug-likeness (QED) is 0.246. The van der Waals surface area contributed by atoms with Crippen LogP contribution in [0.3, 0.4) is 0 Å². The third kappa shape index (κ3) is 3.41. The van der Waals surface area contributed by atoms with Crippen molar-refractivity contribution < 1.29 is 33.4 Å². The first kappa shape index (κ1) is 24.8. The van der Waals surface area contributed by atoms with E-state index in [-0.39, 0.29) is 48.4 Å². The van der Waals surface area contributed by atoms with Gasteiger partial charge in [0.2, 0.25) is 0 Å². The van der Waals surface area contributed by atoms with Crippen LogP contribution in [-0.4, -0.2) is 46.4 Å². The molecule has 3 saturated carbocycles. The summed E-state index contributed by atoms with van der Waals surface area (Å²) in [5.74, 6) is -2.65. The second kappa shape index (κ2) is 8.14. The number of hydrogen-bond acceptors (Lipinski definition) is 7. The number of ether oxygens (including phenoxy) is 1. The van der Waals surface area contributed by atoms with Gasteiger partial charge in [0.15, 0.2) is 11.6 Å². The monoisotopic (exact) mass is 497 g/mol. The van der Waals surface area contributed by atoms with Crippen molar-refractivity contribution >= 4 is 29.1 Å². The SMILES string of the molecule is CC(=O)OCC(=O)[C@H]1[C@H](C)C[C@H]2[C@@H]3C[C@H](F)C4=CC(=O)C=C[C@]4(C)C3(Cl)[C@@H](O[N+](=O)[O-])C[C@@]21C. The van der Waals surface area contributed by atoms with Crippen LogP contribution in [0.2, 0.25) is 0 Å². The summed E-state index contributed by atoms with van der Waals surface area (Å²) in [6, 6.07) is 0. The Hall–Kier alpha value is -2.29. The number of rotatable bonds is 5. The van der Waals surface area contributed by atoms with E-state index in [2.05, 4.69) is 0 Å². The van der Waals surface area contributed by atoms with Crippen LogP contribution in [0.25, 0.3) is 0 Å². The zero-order valence-corrected chi connectivity index (χ0v) is 20.3. The molecular formula is C24H29ClFNO7. The van der Waals surface area contributed by atoms with E-state index in [1.165, 1.54) is 19.1 Å². The molecule has 34 heavy (non-hydrogen) atoms. The van der Waals surface area contributed by atoms with E-state index < -0.39 is 50.9 Å². The second-order valence-electron chi connectivity index (χ2n) is 10.7. The number of allylic oxidation sites excluding steroid dienone is 4. The van der Waals surface area contributed by atoms with Crippen LogP contribution in [-0.2, 0) is 24.0 Å². The first-order valence-electron chi connectivity index (χ1n) is 11.5. The van der Waals surface area contributed by atoms with E-state index in [9.17, 15) is 24.5 Å². The van der Waals surface area contributed by atoms with Crippen LogP contribution in [0.15, 0.2) is 23.8 Å². The molecule has 1 unspecified atom stereocenters. The largest absolute Gasteiger partial charge is 0.458 e. The molecule has 0 radical (unpaired) electrons. The van der Waals surface area contributed by atoms with Crippen LogP contribution in [0, 0.1) is 44.6 Å². The van der Waals surface area contributed by atoms with Gasteiger partial charge in [-0.25, -0.2) is 4.39 Å². The molecule has 4 rings (SSSR count). The van der Waals surface area contributed by atoms with E-state index >= 15 is 4.39 Å². The van der Waals surface area contributed by atoms with E-state index in [0.717, 1.165) is 0 Å². The van der Waals surface area contributed by atoms with E-state index in [4.69, 9.17) is 21.2 Å². The number of hydrogen-bond donors (Lipinski definition) is 0. The molecule has 0 spiro atoms. The fourth-order valence-corrected chi connectivity index (χ4v) is 8.23. The first-order valence-corrected chi connectivity index (χ1v) is 11.9. The predicted molar refractivity (Wildman–Crippen MR) is 119 cm³/mol. The average Bonchev–Trinajstić information content (AvgIpc) is 2.99. The summed E-state index contributed by atoms with van der Waals surface area (Å²) in [7, 11) is 0. The maximum Gasteiger partial charge on any atom is 0.303 e. The molecule has 4 aliphatic carbocycles. The third-order valence-corrected chi connectivity index (χ3v) is 9.84. The van der Waals surface area contributed by atoms with Crippen molar-refractivity contribution in [2.24, 2.45) is 34.5 Å². The number of halogens is 2. The molecule has 0 aromatic heterocycles. The number of carbonyl (C=O) groups excluding carboxylic acids is 3. The maximum atomic E-state index is 15.6. The van der Waals surface area contributed by atoms with Gasteiger partial charge in [0.1, 0.15) is 18.9 Å². The number of ketones is 2. The first-order chi connectivity index (χ1) is 15.8. The third-order valence-electron chi connectivity index (χ3n) is 8.92. The summed E-state index contributed by atoms with van der Waals surface area (Å²) in [6.45, 7) is 6.34. The molecule has 0 saturated heterocycles. The molecule has 0 aliphatic heterocycles. The maximum absolute atomic E-state index is 15.6. The molecule has 0 heterocycles. The van der Waals surface area contributed by atoms with Crippen LogP contribution >= 0.6 is 11.6 Å². The zero-order valence-electron chi connectivity index (χ0n) is 19.6. The van der Waals surface area contributed by atoms with E-state index in [0.29, 0.717) is 6.42 Å². The van der Waals surface area contributed by atoms with Crippen molar-refractivity contribution in [3.63, 3.8) is 0 Å². The number of alkyl halides is 2. The summed E-state index contributed by atoms with van der Waals surface area (Å²) in [5, 5.41) is 10.7. The summed E-state index contributed by atoms with van der Waals surface area (Å²) in [5.41, 5.74) is -1.75. The Morgan fingerprint density at radius 2 is 1.97 bits per heavy atom. The Morgan fingerprint density at radius 3 is 2.59 bits per heavy atom. The van der Waals surface area contributed by atoms with Crippen molar-refractivity contribution in [2.45, 2.75) is 64.1 Å². The summed E-state index contributed by atoms with van der Waals surface area (Å²) in [4.78, 5) is 51.8. The van der Waals surface area contributed by atoms with Crippen molar-refractivity contribution in [3.05, 3.63) is 33.9 Å². The average molecular weight is 498 g/mol. The summed E-state index contributed by atoms with van der Waals surface area (Å²) < 4.78 is 20.6. The van der Waals surface area contributed by atoms with Crippen LogP contribution in [0.4, 0.5) is 4.39 Å². The summed E-state index contributed by atoms with van der Waals surface area (Å²) >= 11 is 7.37. The predicted octanol–water partition coefficient (Wildman–Crippen LogP) is 3.78. The molecule has 10 heteroatoms. The van der Waals surface area contributed by atoms with Gasteiger partial charge in [-0.15, -0.1) is 21.7 Å².